The van der Waals surface area contributed by atoms with Crippen LogP contribution in [0.4, 0.5) is 0 Å². The summed E-state index contributed by atoms with van der Waals surface area (Å²) in [6.07, 6.45) is 8.82. The van der Waals surface area contributed by atoms with Gasteiger partial charge in [-0.15, -0.1) is 5.92 Å². The summed E-state index contributed by atoms with van der Waals surface area (Å²) in [4.78, 5) is 0. The lowest BCUT2D eigenvalue weighted by Crippen LogP contribution is -1.93. The number of unbranched alkanes of at least 4 members (excludes halogenated alkanes) is 6. The van der Waals surface area contributed by atoms with Crippen molar-refractivity contribution >= 4 is 0 Å². The van der Waals surface area contributed by atoms with Crippen LogP contribution in [0, 0.1) is 30.6 Å². The third-order valence-corrected chi connectivity index (χ3v) is 4.45. The van der Waals surface area contributed by atoms with E-state index < -0.39 is 0 Å². The van der Waals surface area contributed by atoms with E-state index in [0.717, 1.165) is 12.0 Å². The van der Waals surface area contributed by atoms with Gasteiger partial charge in [0.05, 0.1) is 0 Å². The van der Waals surface area contributed by atoms with Crippen molar-refractivity contribution in [2.75, 3.05) is 0 Å². The van der Waals surface area contributed by atoms with Gasteiger partial charge >= 0.3 is 0 Å². The Bertz CT molecular complexity index is 745. The maximum atomic E-state index is 3.40. The SMILES string of the molecule is CCCCCCCCC#CC(C#Cc1ccccc1)c1ccc(C)cc1. The molecule has 1 unspecified atom stereocenters. The summed E-state index contributed by atoms with van der Waals surface area (Å²) < 4.78 is 0. The van der Waals surface area contributed by atoms with Crippen molar-refractivity contribution in [3.8, 4) is 23.7 Å². The first-order valence-electron chi connectivity index (χ1n) is 9.91. The Balaban J connectivity index is 1.99. The Morgan fingerprint density at radius 1 is 0.769 bits per heavy atom. The van der Waals surface area contributed by atoms with Crippen LogP contribution < -0.4 is 0 Å². The molecular formula is C26H30. The van der Waals surface area contributed by atoms with Gasteiger partial charge in [0.2, 0.25) is 0 Å². The monoisotopic (exact) mass is 342 g/mol. The predicted octanol–water partition coefficient (Wildman–Crippen LogP) is 6.88. The zero-order chi connectivity index (χ0) is 18.5. The van der Waals surface area contributed by atoms with Crippen molar-refractivity contribution < 1.29 is 0 Å². The molecule has 1 atom stereocenters. The minimum atomic E-state index is -0.0177. The molecule has 0 aliphatic heterocycles. The van der Waals surface area contributed by atoms with Gasteiger partial charge in [-0.3, -0.25) is 0 Å². The molecule has 0 saturated carbocycles. The number of benzene rings is 2. The van der Waals surface area contributed by atoms with Crippen LogP contribution in [0.25, 0.3) is 0 Å². The molecule has 0 heteroatoms. The normalized spacial score (nSPS) is 11.0. The minimum absolute atomic E-state index is 0.0177. The summed E-state index contributed by atoms with van der Waals surface area (Å²) in [6.45, 7) is 4.37. The summed E-state index contributed by atoms with van der Waals surface area (Å²) in [6, 6.07) is 18.7. The van der Waals surface area contributed by atoms with Crippen molar-refractivity contribution in [2.45, 2.75) is 64.7 Å². The molecule has 0 saturated heterocycles. The second kappa shape index (κ2) is 12.0. The quantitative estimate of drug-likeness (QED) is 0.380. The third-order valence-electron chi connectivity index (χ3n) is 4.45. The van der Waals surface area contributed by atoms with E-state index in [0.29, 0.717) is 0 Å². The standard InChI is InChI=1S/C26H30/c1-3-4-5-6-7-8-9-13-16-25(26-20-17-23(2)18-21-26)22-19-24-14-11-10-12-15-24/h10-12,14-15,17-18,20-21,25H,3-9H2,1-2H3. The fourth-order valence-corrected chi connectivity index (χ4v) is 2.81. The highest BCUT2D eigenvalue weighted by molar-refractivity contribution is 5.43. The van der Waals surface area contributed by atoms with Crippen molar-refractivity contribution in [3.63, 3.8) is 0 Å². The number of aryl methyl sites for hydroxylation is 1. The smallest absolute Gasteiger partial charge is 0.102 e. The maximum absolute atomic E-state index is 3.40. The first kappa shape index (κ1) is 19.9. The van der Waals surface area contributed by atoms with Crippen LogP contribution in [-0.4, -0.2) is 0 Å². The molecule has 0 bridgehead atoms. The molecule has 26 heavy (non-hydrogen) atoms. The highest BCUT2D eigenvalue weighted by Crippen LogP contribution is 2.16. The molecule has 2 aromatic carbocycles. The molecule has 0 aliphatic rings. The van der Waals surface area contributed by atoms with Gasteiger partial charge in [0.25, 0.3) is 0 Å². The molecular weight excluding hydrogens is 312 g/mol. The van der Waals surface area contributed by atoms with Gasteiger partial charge in [-0.05, 0) is 31.0 Å². The van der Waals surface area contributed by atoms with Crippen LogP contribution in [0.15, 0.2) is 54.6 Å². The van der Waals surface area contributed by atoms with Gasteiger partial charge < -0.3 is 0 Å². The molecule has 0 amide bonds. The van der Waals surface area contributed by atoms with Crippen LogP contribution in [0.3, 0.4) is 0 Å². The van der Waals surface area contributed by atoms with Gasteiger partial charge in [0.1, 0.15) is 5.92 Å². The molecule has 0 radical (unpaired) electrons. The summed E-state index contributed by atoms with van der Waals surface area (Å²) in [5.74, 6) is 13.4. The number of hydrogen-bond acceptors (Lipinski definition) is 0. The second-order valence-corrected chi connectivity index (χ2v) is 6.82. The molecule has 0 nitrogen and oxygen atoms in total. The van der Waals surface area contributed by atoms with Gasteiger partial charge in [-0.25, -0.2) is 0 Å². The fraction of sp³-hybridized carbons (Fsp3) is 0.385. The molecule has 0 aliphatic carbocycles. The molecule has 0 aromatic heterocycles. The molecule has 0 heterocycles. The lowest BCUT2D eigenvalue weighted by molar-refractivity contribution is 0.614. The van der Waals surface area contributed by atoms with E-state index in [2.05, 4.69) is 61.8 Å². The van der Waals surface area contributed by atoms with Crippen LogP contribution >= 0.6 is 0 Å². The minimum Gasteiger partial charge on any atom is -0.102 e. The second-order valence-electron chi connectivity index (χ2n) is 6.82. The van der Waals surface area contributed by atoms with Crippen LogP contribution in [0.5, 0.6) is 0 Å². The Morgan fingerprint density at radius 2 is 1.46 bits per heavy atom. The predicted molar refractivity (Wildman–Crippen MR) is 113 cm³/mol. The highest BCUT2D eigenvalue weighted by atomic mass is 14.1. The molecule has 0 N–H and O–H groups in total. The summed E-state index contributed by atoms with van der Waals surface area (Å²) in [7, 11) is 0. The lowest BCUT2D eigenvalue weighted by atomic mass is 9.98. The van der Waals surface area contributed by atoms with E-state index in [4.69, 9.17) is 0 Å². The van der Waals surface area contributed by atoms with E-state index in [1.54, 1.807) is 0 Å². The zero-order valence-corrected chi connectivity index (χ0v) is 16.2. The van der Waals surface area contributed by atoms with E-state index >= 15 is 0 Å². The summed E-state index contributed by atoms with van der Waals surface area (Å²) >= 11 is 0. The molecule has 0 fully saturated rings. The lowest BCUT2D eigenvalue weighted by Gasteiger charge is -2.04. The van der Waals surface area contributed by atoms with Crippen molar-refractivity contribution in [2.24, 2.45) is 0 Å². The van der Waals surface area contributed by atoms with E-state index in [9.17, 15) is 0 Å². The average molecular weight is 343 g/mol. The third kappa shape index (κ3) is 7.63. The average Bonchev–Trinajstić information content (AvgIpc) is 2.68. The first-order chi connectivity index (χ1) is 12.8. The van der Waals surface area contributed by atoms with Crippen LogP contribution in [0.2, 0.25) is 0 Å². The largest absolute Gasteiger partial charge is 0.106 e. The van der Waals surface area contributed by atoms with E-state index in [-0.39, 0.29) is 5.92 Å². The van der Waals surface area contributed by atoms with Crippen LogP contribution in [0.1, 0.15) is 74.5 Å². The number of hydrogen-bond donors (Lipinski definition) is 0. The fourth-order valence-electron chi connectivity index (χ4n) is 2.81. The van der Waals surface area contributed by atoms with Crippen molar-refractivity contribution in [1.29, 1.82) is 0 Å². The first-order valence-corrected chi connectivity index (χ1v) is 9.91. The molecule has 134 valence electrons. The summed E-state index contributed by atoms with van der Waals surface area (Å²) in [5, 5.41) is 0. The topological polar surface area (TPSA) is 0 Å². The Morgan fingerprint density at radius 3 is 2.19 bits per heavy atom. The Labute approximate surface area is 160 Å². The van der Waals surface area contributed by atoms with Crippen LogP contribution in [-0.2, 0) is 0 Å². The van der Waals surface area contributed by atoms with Crippen molar-refractivity contribution in [1.82, 2.24) is 0 Å². The molecule has 0 spiro atoms. The highest BCUT2D eigenvalue weighted by Gasteiger charge is 2.04. The van der Waals surface area contributed by atoms with Crippen molar-refractivity contribution in [3.05, 3.63) is 71.3 Å². The molecule has 2 rings (SSSR count). The van der Waals surface area contributed by atoms with Gasteiger partial charge in [-0.1, -0.05) is 105 Å². The Kier molecular flexibility index (Phi) is 9.18. The van der Waals surface area contributed by atoms with E-state index in [1.807, 2.05) is 30.3 Å². The van der Waals surface area contributed by atoms with E-state index in [1.165, 1.54) is 49.7 Å². The summed E-state index contributed by atoms with van der Waals surface area (Å²) in [5.41, 5.74) is 3.50. The molecule has 2 aromatic rings. The maximum Gasteiger partial charge on any atom is 0.106 e. The van der Waals surface area contributed by atoms with Gasteiger partial charge in [0, 0.05) is 12.0 Å². The van der Waals surface area contributed by atoms with Gasteiger partial charge in [0.15, 0.2) is 0 Å². The van der Waals surface area contributed by atoms with Gasteiger partial charge in [-0.2, -0.15) is 0 Å². The zero-order valence-electron chi connectivity index (χ0n) is 16.2. The number of rotatable bonds is 7. The Hall–Kier alpha value is -2.44.